The monoisotopic (exact) mass is 180 g/mol. The number of carbonyl (C=O) groups is 1. The Morgan fingerprint density at radius 3 is 2.92 bits per heavy atom. The van der Waals surface area contributed by atoms with Gasteiger partial charge in [0, 0.05) is 0 Å². The first-order valence-corrected chi connectivity index (χ1v) is 3.55. The summed E-state index contributed by atoms with van der Waals surface area (Å²) in [7, 11) is 0. The third-order valence-electron chi connectivity index (χ3n) is 1.31. The zero-order valence-corrected chi connectivity index (χ0v) is 6.80. The van der Waals surface area contributed by atoms with Gasteiger partial charge in [-0.25, -0.2) is 0 Å². The van der Waals surface area contributed by atoms with Gasteiger partial charge in [0.05, 0.1) is 22.3 Å². The predicted molar refractivity (Wildman–Crippen MR) is 45.9 cm³/mol. The van der Waals surface area contributed by atoms with Crippen molar-refractivity contribution in [1.29, 1.82) is 5.26 Å². The van der Waals surface area contributed by atoms with Crippen LogP contribution in [0.15, 0.2) is 18.2 Å². The molecule has 0 saturated carbocycles. The van der Waals surface area contributed by atoms with Gasteiger partial charge >= 0.3 is 0 Å². The number of hydrogen-bond donors (Lipinski definition) is 1. The Bertz CT molecular complexity index is 343. The van der Waals surface area contributed by atoms with E-state index in [-0.39, 0.29) is 0 Å². The van der Waals surface area contributed by atoms with Gasteiger partial charge in [0.25, 0.3) is 0 Å². The van der Waals surface area contributed by atoms with Crippen molar-refractivity contribution in [3.8, 4) is 6.07 Å². The first kappa shape index (κ1) is 8.57. The molecule has 4 heteroatoms. The van der Waals surface area contributed by atoms with E-state index in [4.69, 9.17) is 16.9 Å². The van der Waals surface area contributed by atoms with E-state index in [1.165, 1.54) is 6.07 Å². The molecule has 0 atom stereocenters. The number of amides is 1. The van der Waals surface area contributed by atoms with E-state index in [2.05, 4.69) is 5.32 Å². The molecular weight excluding hydrogens is 176 g/mol. The van der Waals surface area contributed by atoms with E-state index in [1.54, 1.807) is 12.1 Å². The van der Waals surface area contributed by atoms with Gasteiger partial charge in [-0.3, -0.25) is 4.79 Å². The van der Waals surface area contributed by atoms with Gasteiger partial charge in [0.15, 0.2) is 0 Å². The predicted octanol–water partition coefficient (Wildman–Crippen LogP) is 1.78. The number of hydrogen-bond acceptors (Lipinski definition) is 2. The van der Waals surface area contributed by atoms with Crippen molar-refractivity contribution in [1.82, 2.24) is 0 Å². The van der Waals surface area contributed by atoms with E-state index < -0.39 is 0 Å². The van der Waals surface area contributed by atoms with Crippen molar-refractivity contribution in [2.45, 2.75) is 0 Å². The molecule has 1 N–H and O–H groups in total. The SMILES string of the molecule is N#Cc1ccc(Cl)c(NC=O)c1. The average molecular weight is 181 g/mol. The van der Waals surface area contributed by atoms with Crippen molar-refractivity contribution >= 4 is 23.7 Å². The molecule has 0 aliphatic carbocycles. The van der Waals surface area contributed by atoms with E-state index in [9.17, 15) is 4.79 Å². The van der Waals surface area contributed by atoms with Crippen molar-refractivity contribution in [2.75, 3.05) is 5.32 Å². The molecular formula is C8H5ClN2O. The zero-order chi connectivity index (χ0) is 8.97. The Kier molecular flexibility index (Phi) is 2.67. The lowest BCUT2D eigenvalue weighted by Gasteiger charge is -2.00. The fraction of sp³-hybridized carbons (Fsp3) is 0. The van der Waals surface area contributed by atoms with Gasteiger partial charge < -0.3 is 5.32 Å². The van der Waals surface area contributed by atoms with Crippen LogP contribution in [0.4, 0.5) is 5.69 Å². The lowest BCUT2D eigenvalue weighted by atomic mass is 10.2. The molecule has 1 aromatic carbocycles. The van der Waals surface area contributed by atoms with E-state index in [0.717, 1.165) is 0 Å². The number of halogens is 1. The van der Waals surface area contributed by atoms with Gasteiger partial charge in [-0.2, -0.15) is 5.26 Å². The summed E-state index contributed by atoms with van der Waals surface area (Å²) in [6.07, 6.45) is 0.516. The molecule has 0 spiro atoms. The number of nitrogens with zero attached hydrogens (tertiary/aromatic N) is 1. The Morgan fingerprint density at radius 2 is 2.33 bits per heavy atom. The second-order valence-electron chi connectivity index (χ2n) is 2.07. The lowest BCUT2D eigenvalue weighted by Crippen LogP contribution is -1.94. The second kappa shape index (κ2) is 3.74. The molecule has 0 fully saturated rings. The highest BCUT2D eigenvalue weighted by molar-refractivity contribution is 6.33. The summed E-state index contributed by atoms with van der Waals surface area (Å²) in [5.41, 5.74) is 0.912. The molecule has 0 aromatic heterocycles. The minimum absolute atomic E-state index is 0.418. The van der Waals surface area contributed by atoms with Gasteiger partial charge in [0.1, 0.15) is 0 Å². The summed E-state index contributed by atoms with van der Waals surface area (Å²) in [5.74, 6) is 0. The average Bonchev–Trinajstić information content (AvgIpc) is 2.09. The molecule has 0 heterocycles. The van der Waals surface area contributed by atoms with Crippen LogP contribution in [0, 0.1) is 11.3 Å². The van der Waals surface area contributed by atoms with Crippen molar-refractivity contribution < 1.29 is 4.79 Å². The first-order chi connectivity index (χ1) is 5.77. The molecule has 12 heavy (non-hydrogen) atoms. The molecule has 1 rings (SSSR count). The second-order valence-corrected chi connectivity index (χ2v) is 2.48. The van der Waals surface area contributed by atoms with Crippen LogP contribution in [0.5, 0.6) is 0 Å². The van der Waals surface area contributed by atoms with Gasteiger partial charge in [-0.05, 0) is 18.2 Å². The van der Waals surface area contributed by atoms with Crippen LogP contribution >= 0.6 is 11.6 Å². The van der Waals surface area contributed by atoms with Gasteiger partial charge in [0.2, 0.25) is 6.41 Å². The van der Waals surface area contributed by atoms with Crippen LogP contribution in [0.3, 0.4) is 0 Å². The maximum absolute atomic E-state index is 10.1. The maximum Gasteiger partial charge on any atom is 0.211 e. The Labute approximate surface area is 74.6 Å². The molecule has 0 aliphatic heterocycles. The minimum Gasteiger partial charge on any atom is -0.327 e. The van der Waals surface area contributed by atoms with Crippen LogP contribution in [0.2, 0.25) is 5.02 Å². The summed E-state index contributed by atoms with van der Waals surface area (Å²) in [6, 6.07) is 6.59. The largest absolute Gasteiger partial charge is 0.327 e. The molecule has 0 saturated heterocycles. The van der Waals surface area contributed by atoms with Crippen molar-refractivity contribution in [3.63, 3.8) is 0 Å². The molecule has 0 unspecified atom stereocenters. The summed E-state index contributed by atoms with van der Waals surface area (Å²) in [4.78, 5) is 10.1. The molecule has 1 aromatic rings. The number of carbonyl (C=O) groups excluding carboxylic acids is 1. The topological polar surface area (TPSA) is 52.9 Å². The molecule has 0 bridgehead atoms. The highest BCUT2D eigenvalue weighted by atomic mass is 35.5. The van der Waals surface area contributed by atoms with Crippen LogP contribution < -0.4 is 5.32 Å². The van der Waals surface area contributed by atoms with Gasteiger partial charge in [-0.15, -0.1) is 0 Å². The fourth-order valence-electron chi connectivity index (χ4n) is 0.769. The molecule has 3 nitrogen and oxygen atoms in total. The van der Waals surface area contributed by atoms with Crippen LogP contribution in [-0.4, -0.2) is 6.41 Å². The number of benzene rings is 1. The normalized spacial score (nSPS) is 8.67. The van der Waals surface area contributed by atoms with Crippen molar-refractivity contribution in [2.24, 2.45) is 0 Å². The highest BCUT2D eigenvalue weighted by Gasteiger charge is 1.99. The minimum atomic E-state index is 0.418. The summed E-state index contributed by atoms with van der Waals surface area (Å²) >= 11 is 5.70. The number of rotatable bonds is 2. The van der Waals surface area contributed by atoms with Gasteiger partial charge in [-0.1, -0.05) is 11.6 Å². The molecule has 0 aliphatic rings. The summed E-state index contributed by atoms with van der Waals surface area (Å²) in [5, 5.41) is 11.3. The van der Waals surface area contributed by atoms with Crippen LogP contribution in [-0.2, 0) is 4.79 Å². The number of nitrogens with one attached hydrogen (secondary N) is 1. The summed E-state index contributed by atoms with van der Waals surface area (Å²) in [6.45, 7) is 0. The molecule has 0 radical (unpaired) electrons. The molecule has 1 amide bonds. The smallest absolute Gasteiger partial charge is 0.211 e. The van der Waals surface area contributed by atoms with Crippen LogP contribution in [0.1, 0.15) is 5.56 Å². The van der Waals surface area contributed by atoms with Crippen molar-refractivity contribution in [3.05, 3.63) is 28.8 Å². The quantitative estimate of drug-likeness (QED) is 0.706. The Morgan fingerprint density at radius 1 is 1.58 bits per heavy atom. The highest BCUT2D eigenvalue weighted by Crippen LogP contribution is 2.21. The lowest BCUT2D eigenvalue weighted by molar-refractivity contribution is -0.105. The molecule has 60 valence electrons. The third-order valence-corrected chi connectivity index (χ3v) is 1.64. The van der Waals surface area contributed by atoms with Crippen LogP contribution in [0.25, 0.3) is 0 Å². The summed E-state index contributed by atoms with van der Waals surface area (Å²) < 4.78 is 0. The maximum atomic E-state index is 10.1. The van der Waals surface area contributed by atoms with E-state index in [1.807, 2.05) is 6.07 Å². The Balaban J connectivity index is 3.09. The first-order valence-electron chi connectivity index (χ1n) is 3.18. The number of nitriles is 1. The van der Waals surface area contributed by atoms with E-state index in [0.29, 0.717) is 22.7 Å². The Hall–Kier alpha value is -1.53. The number of anilines is 1. The zero-order valence-electron chi connectivity index (χ0n) is 6.04. The third kappa shape index (κ3) is 1.74. The fourth-order valence-corrected chi connectivity index (χ4v) is 0.941. The van der Waals surface area contributed by atoms with E-state index >= 15 is 0 Å². The standard InChI is InChI=1S/C8H5ClN2O/c9-7-2-1-6(4-10)3-8(7)11-5-12/h1-3,5H,(H,11,12).